The van der Waals surface area contributed by atoms with Crippen LogP contribution in [0.4, 0.5) is 14.7 Å². The van der Waals surface area contributed by atoms with Gasteiger partial charge in [0.2, 0.25) is 11.8 Å². The first-order valence-corrected chi connectivity index (χ1v) is 9.28. The van der Waals surface area contributed by atoms with Gasteiger partial charge in [0.15, 0.2) is 0 Å². The molecule has 0 unspecified atom stereocenters. The molecular weight excluding hydrogens is 368 g/mol. The third-order valence-corrected chi connectivity index (χ3v) is 4.73. The van der Waals surface area contributed by atoms with E-state index in [1.54, 1.807) is 18.2 Å². The minimum absolute atomic E-state index is 0.120. The van der Waals surface area contributed by atoms with Gasteiger partial charge in [-0.25, -0.2) is 0 Å². The molecule has 152 valence electrons. The second kappa shape index (κ2) is 8.26. The molecule has 1 amide bonds. The van der Waals surface area contributed by atoms with Gasteiger partial charge in [0.1, 0.15) is 5.75 Å². The number of nitrogens with one attached hydrogen (secondary N) is 1. The summed E-state index contributed by atoms with van der Waals surface area (Å²) in [6, 6.07) is 7.96. The van der Waals surface area contributed by atoms with Crippen LogP contribution in [0.2, 0.25) is 0 Å². The number of ether oxygens (including phenoxy) is 1. The lowest BCUT2D eigenvalue weighted by Gasteiger charge is -2.23. The van der Waals surface area contributed by atoms with Crippen LogP contribution in [0, 0.1) is 0 Å². The van der Waals surface area contributed by atoms with E-state index in [-0.39, 0.29) is 23.1 Å². The molecule has 0 aliphatic carbocycles. The highest BCUT2D eigenvalue weighted by molar-refractivity contribution is 5.93. The molecule has 0 saturated carbocycles. The Kier molecular flexibility index (Phi) is 5.98. The summed E-state index contributed by atoms with van der Waals surface area (Å²) in [6.07, 6.45) is 1.66. The minimum Gasteiger partial charge on any atom is -0.435 e. The first kappa shape index (κ1) is 20.3. The van der Waals surface area contributed by atoms with Crippen molar-refractivity contribution in [2.75, 3.05) is 11.9 Å². The van der Waals surface area contributed by atoms with Gasteiger partial charge in [0, 0.05) is 18.0 Å². The van der Waals surface area contributed by atoms with Crippen LogP contribution in [0.25, 0.3) is 0 Å². The molecule has 1 atom stereocenters. The first-order valence-electron chi connectivity index (χ1n) is 9.28. The van der Waals surface area contributed by atoms with E-state index in [0.717, 1.165) is 30.6 Å². The zero-order valence-electron chi connectivity index (χ0n) is 16.2. The number of rotatable bonds is 6. The third-order valence-electron chi connectivity index (χ3n) is 4.73. The minimum atomic E-state index is -2.84. The molecule has 3 rings (SSSR count). The van der Waals surface area contributed by atoms with Crippen LogP contribution in [-0.4, -0.2) is 35.2 Å². The zero-order valence-corrected chi connectivity index (χ0v) is 16.2. The topological polar surface area (TPSA) is 67.6 Å². The maximum atomic E-state index is 12.7. The highest BCUT2D eigenvalue weighted by atomic mass is 19.3. The summed E-state index contributed by atoms with van der Waals surface area (Å²) in [5.41, 5.74) is 1.54. The van der Waals surface area contributed by atoms with Gasteiger partial charge in [-0.05, 0) is 37.1 Å². The van der Waals surface area contributed by atoms with Gasteiger partial charge in [-0.1, -0.05) is 38.1 Å². The summed E-state index contributed by atoms with van der Waals surface area (Å²) in [4.78, 5) is 14.8. The summed E-state index contributed by atoms with van der Waals surface area (Å²) < 4.78 is 34.1. The van der Waals surface area contributed by atoms with E-state index in [4.69, 9.17) is 4.52 Å². The number of anilines is 1. The number of likely N-dealkylation sites (tertiary alicyclic amines) is 1. The Morgan fingerprint density at radius 1 is 1.36 bits per heavy atom. The van der Waals surface area contributed by atoms with Crippen molar-refractivity contribution < 1.29 is 22.8 Å². The number of hydrogen-bond donors (Lipinski definition) is 1. The standard InChI is InChI=1S/C20H25F2N3O3/c1-20(2,3)16-11-17(28-24-16)23-18(26)15-5-4-10-25(15)12-13-6-8-14(9-7-13)27-19(21)22/h6-9,11,15,19H,4-5,10,12H2,1-3H3,(H,23,26)/t15-/m0/s1. The molecule has 0 radical (unpaired) electrons. The maximum Gasteiger partial charge on any atom is 0.387 e. The number of carbonyl (C=O) groups excluding carboxylic acids is 1. The highest BCUT2D eigenvalue weighted by Crippen LogP contribution is 2.26. The molecule has 1 aliphatic rings. The molecule has 1 N–H and O–H groups in total. The van der Waals surface area contributed by atoms with Crippen molar-refractivity contribution in [3.63, 3.8) is 0 Å². The molecule has 28 heavy (non-hydrogen) atoms. The number of nitrogens with zero attached hydrogens (tertiary/aromatic N) is 2. The average Bonchev–Trinajstić information content (AvgIpc) is 3.25. The van der Waals surface area contributed by atoms with E-state index in [9.17, 15) is 13.6 Å². The molecule has 1 aromatic heterocycles. The maximum absolute atomic E-state index is 12.7. The van der Waals surface area contributed by atoms with Crippen molar-refractivity contribution >= 4 is 11.8 Å². The number of halogens is 2. The average molecular weight is 393 g/mol. The quantitative estimate of drug-likeness (QED) is 0.798. The molecule has 1 fully saturated rings. The molecular formula is C20H25F2N3O3. The van der Waals surface area contributed by atoms with E-state index in [2.05, 4.69) is 20.1 Å². The Bertz CT molecular complexity index is 800. The van der Waals surface area contributed by atoms with Gasteiger partial charge in [-0.15, -0.1) is 0 Å². The van der Waals surface area contributed by atoms with Gasteiger partial charge in [-0.3, -0.25) is 15.0 Å². The van der Waals surface area contributed by atoms with Crippen molar-refractivity contribution in [2.45, 2.75) is 58.2 Å². The summed E-state index contributed by atoms with van der Waals surface area (Å²) in [6.45, 7) is 4.56. The van der Waals surface area contributed by atoms with Gasteiger partial charge in [0.05, 0.1) is 11.7 Å². The predicted molar refractivity (Wildman–Crippen MR) is 100 cm³/mol. The van der Waals surface area contributed by atoms with Crippen LogP contribution in [0.3, 0.4) is 0 Å². The van der Waals surface area contributed by atoms with E-state index in [1.165, 1.54) is 12.1 Å². The Balaban J connectivity index is 1.60. The molecule has 2 heterocycles. The van der Waals surface area contributed by atoms with Crippen molar-refractivity contribution in [3.05, 3.63) is 41.6 Å². The number of carbonyl (C=O) groups is 1. The lowest BCUT2D eigenvalue weighted by Crippen LogP contribution is -2.39. The lowest BCUT2D eigenvalue weighted by atomic mass is 9.92. The summed E-state index contributed by atoms with van der Waals surface area (Å²) in [7, 11) is 0. The van der Waals surface area contributed by atoms with Crippen LogP contribution in [0.15, 0.2) is 34.9 Å². The smallest absolute Gasteiger partial charge is 0.387 e. The number of hydrogen-bond acceptors (Lipinski definition) is 5. The zero-order chi connectivity index (χ0) is 20.3. The molecule has 0 bridgehead atoms. The second-order valence-electron chi connectivity index (χ2n) is 7.97. The molecule has 0 spiro atoms. The Morgan fingerprint density at radius 3 is 2.68 bits per heavy atom. The lowest BCUT2D eigenvalue weighted by molar-refractivity contribution is -0.120. The fourth-order valence-electron chi connectivity index (χ4n) is 3.22. The fraction of sp³-hybridized carbons (Fsp3) is 0.500. The second-order valence-corrected chi connectivity index (χ2v) is 7.97. The number of aromatic nitrogens is 1. The predicted octanol–water partition coefficient (Wildman–Crippen LogP) is 4.18. The SMILES string of the molecule is CC(C)(C)c1cc(NC(=O)[C@@H]2CCCN2Cc2ccc(OC(F)F)cc2)on1. The highest BCUT2D eigenvalue weighted by Gasteiger charge is 2.31. The summed E-state index contributed by atoms with van der Waals surface area (Å²) >= 11 is 0. The summed E-state index contributed by atoms with van der Waals surface area (Å²) in [5, 5.41) is 6.82. The Labute approximate surface area is 162 Å². The van der Waals surface area contributed by atoms with E-state index < -0.39 is 6.61 Å². The molecule has 1 saturated heterocycles. The van der Waals surface area contributed by atoms with Crippen LogP contribution in [0.1, 0.15) is 44.9 Å². The largest absolute Gasteiger partial charge is 0.435 e. The van der Waals surface area contributed by atoms with E-state index >= 15 is 0 Å². The van der Waals surface area contributed by atoms with Crippen LogP contribution >= 0.6 is 0 Å². The molecule has 1 aromatic carbocycles. The van der Waals surface area contributed by atoms with E-state index in [1.807, 2.05) is 20.8 Å². The molecule has 1 aliphatic heterocycles. The van der Waals surface area contributed by atoms with Gasteiger partial charge < -0.3 is 9.26 Å². The van der Waals surface area contributed by atoms with Crippen LogP contribution in [0.5, 0.6) is 5.75 Å². The Hall–Kier alpha value is -2.48. The van der Waals surface area contributed by atoms with E-state index in [0.29, 0.717) is 12.4 Å². The van der Waals surface area contributed by atoms with Crippen molar-refractivity contribution in [1.82, 2.24) is 10.1 Å². The normalized spacial score (nSPS) is 17.9. The third kappa shape index (κ3) is 5.07. The van der Waals surface area contributed by atoms with Gasteiger partial charge in [0.25, 0.3) is 0 Å². The number of alkyl halides is 2. The first-order chi connectivity index (χ1) is 13.2. The molecule has 6 nitrogen and oxygen atoms in total. The van der Waals surface area contributed by atoms with Crippen molar-refractivity contribution in [2.24, 2.45) is 0 Å². The monoisotopic (exact) mass is 393 g/mol. The number of benzene rings is 1. The Morgan fingerprint density at radius 2 is 2.07 bits per heavy atom. The van der Waals surface area contributed by atoms with Gasteiger partial charge in [-0.2, -0.15) is 8.78 Å². The van der Waals surface area contributed by atoms with Gasteiger partial charge >= 0.3 is 6.61 Å². The molecule has 8 heteroatoms. The molecule has 2 aromatic rings. The van der Waals surface area contributed by atoms with Crippen LogP contribution in [-0.2, 0) is 16.8 Å². The van der Waals surface area contributed by atoms with Crippen LogP contribution < -0.4 is 10.1 Å². The van der Waals surface area contributed by atoms with Crippen molar-refractivity contribution in [3.8, 4) is 5.75 Å². The van der Waals surface area contributed by atoms with Crippen molar-refractivity contribution in [1.29, 1.82) is 0 Å². The summed E-state index contributed by atoms with van der Waals surface area (Å²) in [5.74, 6) is 0.330. The fourth-order valence-corrected chi connectivity index (χ4v) is 3.22. The number of amides is 1.